The van der Waals surface area contributed by atoms with E-state index >= 15 is 0 Å². The lowest BCUT2D eigenvalue weighted by Gasteiger charge is -2.47. The van der Waals surface area contributed by atoms with Crippen molar-refractivity contribution in [3.63, 3.8) is 0 Å². The van der Waals surface area contributed by atoms with E-state index in [-0.39, 0.29) is 6.29 Å². The molecule has 0 aromatic rings. The van der Waals surface area contributed by atoms with E-state index < -0.39 is 117 Å². The predicted octanol–water partition coefficient (Wildman–Crippen LogP) is -7.44. The van der Waals surface area contributed by atoms with Gasteiger partial charge in [-0.05, 0) is 0 Å². The molecule has 232 valence electrons. The van der Waals surface area contributed by atoms with E-state index in [2.05, 4.69) is 10.6 Å². The Kier molecular flexibility index (Phi) is 13.2. The molecule has 18 heteroatoms. The maximum absolute atomic E-state index is 11.7. The summed E-state index contributed by atoms with van der Waals surface area (Å²) in [6.07, 6.45) is -21.2. The van der Waals surface area contributed by atoms with Crippen molar-refractivity contribution < 1.29 is 79.3 Å². The number of aliphatic hydroxyl groups excluding tert-OH is 9. The van der Waals surface area contributed by atoms with Crippen LogP contribution in [0.3, 0.4) is 0 Å². The summed E-state index contributed by atoms with van der Waals surface area (Å²) in [5.74, 6) is -1.41. The van der Waals surface area contributed by atoms with E-state index in [1.807, 2.05) is 0 Å². The highest BCUT2D eigenvalue weighted by Crippen LogP contribution is 2.30. The van der Waals surface area contributed by atoms with E-state index in [4.69, 9.17) is 18.9 Å². The molecule has 0 aromatic carbocycles. The predicted molar refractivity (Wildman–Crippen MR) is 126 cm³/mol. The first-order valence-corrected chi connectivity index (χ1v) is 12.3. The van der Waals surface area contributed by atoms with Gasteiger partial charge < -0.3 is 80.3 Å². The van der Waals surface area contributed by atoms with Crippen molar-refractivity contribution in [1.82, 2.24) is 10.6 Å². The second-order valence-electron chi connectivity index (χ2n) is 9.44. The standard InChI is InChI=1S/C22H38N2O16/c1-7(29)23-9(3-25)14(32)19(10(31)4-26)39-22-18(36)20(16(34)12(6-28)38-22)40-21-13(24-8(2)30)17(35)15(33)11(5-27)37-21/h3,9-22,26-28,31-36H,4-6H2,1-2H3,(H,23,29)(H,24,30)/t9-,10+,11+,12+,13+,14+,15-,16-,17+,18+,19+,20-,21-,22-/m0/s1. The molecule has 2 saturated heterocycles. The zero-order valence-corrected chi connectivity index (χ0v) is 21.7. The largest absolute Gasteiger partial charge is 0.394 e. The number of nitrogens with one attached hydrogen (secondary N) is 2. The number of aliphatic hydroxyl groups is 9. The Bertz CT molecular complexity index is 837. The van der Waals surface area contributed by atoms with Crippen LogP contribution < -0.4 is 10.6 Å². The molecule has 2 aliphatic rings. The van der Waals surface area contributed by atoms with Crippen LogP contribution in [0.15, 0.2) is 0 Å². The number of hydrogen-bond donors (Lipinski definition) is 11. The Hall–Kier alpha value is -1.91. The van der Waals surface area contributed by atoms with Gasteiger partial charge in [0.05, 0.1) is 19.8 Å². The van der Waals surface area contributed by atoms with Gasteiger partial charge in [-0.1, -0.05) is 0 Å². The molecule has 14 atom stereocenters. The fourth-order valence-corrected chi connectivity index (χ4v) is 4.36. The fourth-order valence-electron chi connectivity index (χ4n) is 4.36. The molecule has 0 saturated carbocycles. The Morgan fingerprint density at radius 2 is 1.45 bits per heavy atom. The SMILES string of the molecule is CC(=O)N[C@H]1[C@H](O[C@H]2[C@@H](O)[C@@H](CO)O[C@@H](O[C@@H]([C@H](O)[C@H](C=O)NC(C)=O)[C@H](O)CO)[C@@H]2O)O[C@H](CO)[C@H](O)[C@@H]1O. The molecule has 0 aromatic heterocycles. The van der Waals surface area contributed by atoms with Crippen LogP contribution in [0.5, 0.6) is 0 Å². The minimum Gasteiger partial charge on any atom is -0.394 e. The highest BCUT2D eigenvalue weighted by Gasteiger charge is 2.52. The average Bonchev–Trinajstić information content (AvgIpc) is 2.91. The van der Waals surface area contributed by atoms with Crippen LogP contribution in [0.25, 0.3) is 0 Å². The number of carbonyl (C=O) groups is 3. The smallest absolute Gasteiger partial charge is 0.217 e. The number of ether oxygens (including phenoxy) is 4. The molecule has 2 heterocycles. The molecule has 2 fully saturated rings. The average molecular weight is 587 g/mol. The Labute approximate surface area is 228 Å². The first kappa shape index (κ1) is 34.3. The van der Waals surface area contributed by atoms with Gasteiger partial charge in [-0.25, -0.2) is 0 Å². The third-order valence-electron chi connectivity index (χ3n) is 6.44. The molecule has 40 heavy (non-hydrogen) atoms. The van der Waals surface area contributed by atoms with Crippen molar-refractivity contribution in [3.8, 4) is 0 Å². The molecular formula is C22H38N2O16. The fraction of sp³-hybridized carbons (Fsp3) is 0.864. The summed E-state index contributed by atoms with van der Waals surface area (Å²) < 4.78 is 21.9. The van der Waals surface area contributed by atoms with E-state index in [9.17, 15) is 60.3 Å². The number of rotatable bonds is 13. The maximum Gasteiger partial charge on any atom is 0.217 e. The molecule has 11 N–H and O–H groups in total. The van der Waals surface area contributed by atoms with Crippen molar-refractivity contribution in [2.75, 3.05) is 19.8 Å². The first-order chi connectivity index (χ1) is 18.8. The lowest BCUT2D eigenvalue weighted by molar-refractivity contribution is -0.358. The Morgan fingerprint density at radius 1 is 0.875 bits per heavy atom. The Morgan fingerprint density at radius 3 is 1.95 bits per heavy atom. The van der Waals surface area contributed by atoms with Crippen LogP contribution in [-0.2, 0) is 33.3 Å². The summed E-state index contributed by atoms with van der Waals surface area (Å²) in [6.45, 7) is -0.556. The number of aldehydes is 1. The summed E-state index contributed by atoms with van der Waals surface area (Å²) in [5, 5.41) is 96.4. The normalized spacial score (nSPS) is 37.6. The third-order valence-corrected chi connectivity index (χ3v) is 6.44. The molecule has 2 aliphatic heterocycles. The van der Waals surface area contributed by atoms with E-state index in [1.165, 1.54) is 0 Å². The van der Waals surface area contributed by atoms with Crippen molar-refractivity contribution in [3.05, 3.63) is 0 Å². The van der Waals surface area contributed by atoms with E-state index in [1.54, 1.807) is 0 Å². The second-order valence-corrected chi connectivity index (χ2v) is 9.44. The van der Waals surface area contributed by atoms with Crippen LogP contribution in [0.4, 0.5) is 0 Å². The van der Waals surface area contributed by atoms with E-state index in [0.29, 0.717) is 0 Å². The van der Waals surface area contributed by atoms with Gasteiger partial charge in [0.25, 0.3) is 0 Å². The van der Waals surface area contributed by atoms with Crippen LogP contribution in [0.1, 0.15) is 13.8 Å². The second kappa shape index (κ2) is 15.4. The lowest BCUT2D eigenvalue weighted by atomic mass is 9.95. The van der Waals surface area contributed by atoms with Gasteiger partial charge in [-0.15, -0.1) is 0 Å². The van der Waals surface area contributed by atoms with Crippen molar-refractivity contribution in [1.29, 1.82) is 0 Å². The quantitative estimate of drug-likeness (QED) is 0.0893. The van der Waals surface area contributed by atoms with Crippen molar-refractivity contribution in [2.45, 2.75) is 99.6 Å². The number of amides is 2. The van der Waals surface area contributed by atoms with Gasteiger partial charge in [0.15, 0.2) is 12.6 Å². The summed E-state index contributed by atoms with van der Waals surface area (Å²) >= 11 is 0. The molecule has 0 bridgehead atoms. The molecule has 0 aliphatic carbocycles. The summed E-state index contributed by atoms with van der Waals surface area (Å²) in [6, 6.07) is -3.10. The van der Waals surface area contributed by atoms with Gasteiger partial charge in [-0.2, -0.15) is 0 Å². The molecule has 2 rings (SSSR count). The van der Waals surface area contributed by atoms with E-state index in [0.717, 1.165) is 13.8 Å². The lowest BCUT2D eigenvalue weighted by Crippen LogP contribution is -2.68. The van der Waals surface area contributed by atoms with Gasteiger partial charge >= 0.3 is 0 Å². The minimum absolute atomic E-state index is 0.136. The molecular weight excluding hydrogens is 548 g/mol. The van der Waals surface area contributed by atoms with Crippen molar-refractivity contribution in [2.24, 2.45) is 0 Å². The zero-order chi connectivity index (χ0) is 30.3. The van der Waals surface area contributed by atoms with Crippen molar-refractivity contribution >= 4 is 18.1 Å². The zero-order valence-electron chi connectivity index (χ0n) is 21.7. The van der Waals surface area contributed by atoms with Crippen LogP contribution >= 0.6 is 0 Å². The third kappa shape index (κ3) is 8.10. The van der Waals surface area contributed by atoms with Gasteiger partial charge in [0, 0.05) is 13.8 Å². The molecule has 0 spiro atoms. The molecule has 0 unspecified atom stereocenters. The molecule has 18 nitrogen and oxygen atoms in total. The topological polar surface area (TPSA) is 294 Å². The molecule has 0 radical (unpaired) electrons. The summed E-state index contributed by atoms with van der Waals surface area (Å²) in [5.41, 5.74) is 0. The summed E-state index contributed by atoms with van der Waals surface area (Å²) in [4.78, 5) is 34.5. The maximum atomic E-state index is 11.7. The highest BCUT2D eigenvalue weighted by molar-refractivity contribution is 5.77. The van der Waals surface area contributed by atoms with Crippen LogP contribution in [0, 0.1) is 0 Å². The van der Waals surface area contributed by atoms with Crippen LogP contribution in [-0.4, -0.2) is 170 Å². The number of hydrogen-bond acceptors (Lipinski definition) is 16. The van der Waals surface area contributed by atoms with Gasteiger partial charge in [0.2, 0.25) is 11.8 Å². The highest BCUT2D eigenvalue weighted by atomic mass is 16.7. The Balaban J connectivity index is 2.36. The van der Waals surface area contributed by atoms with Gasteiger partial charge in [-0.3, -0.25) is 9.59 Å². The molecule has 2 amide bonds. The monoisotopic (exact) mass is 586 g/mol. The first-order valence-electron chi connectivity index (χ1n) is 12.3. The summed E-state index contributed by atoms with van der Waals surface area (Å²) in [7, 11) is 0. The minimum atomic E-state index is -2.02. The number of carbonyl (C=O) groups excluding carboxylic acids is 3. The van der Waals surface area contributed by atoms with Crippen LogP contribution in [0.2, 0.25) is 0 Å². The van der Waals surface area contributed by atoms with Gasteiger partial charge in [0.1, 0.15) is 79.4 Å².